The second-order valence-corrected chi connectivity index (χ2v) is 5.39. The van der Waals surface area contributed by atoms with E-state index in [0.717, 1.165) is 0 Å². The fraction of sp³-hybridized carbons (Fsp3) is 0.111. The standard InChI is InChI=1S/C9H5Br3O4/c10-4-2-5(11)8(14)7(12)3(4)1-6(13)9(15)16/h2,14H,1H2,(H,15,16). The third-order valence-corrected chi connectivity index (χ3v) is 3.98. The van der Waals surface area contributed by atoms with Crippen molar-refractivity contribution < 1.29 is 19.8 Å². The normalized spacial score (nSPS) is 10.2. The van der Waals surface area contributed by atoms with Crippen molar-refractivity contribution in [2.24, 2.45) is 0 Å². The van der Waals surface area contributed by atoms with Crippen LogP contribution in [0.1, 0.15) is 5.56 Å². The minimum atomic E-state index is -1.50. The molecule has 0 aliphatic rings. The van der Waals surface area contributed by atoms with Gasteiger partial charge in [-0.05, 0) is 43.5 Å². The van der Waals surface area contributed by atoms with E-state index in [1.54, 1.807) is 6.07 Å². The van der Waals surface area contributed by atoms with E-state index >= 15 is 0 Å². The molecule has 16 heavy (non-hydrogen) atoms. The van der Waals surface area contributed by atoms with Crippen molar-refractivity contribution >= 4 is 59.5 Å². The summed E-state index contributed by atoms with van der Waals surface area (Å²) in [6, 6.07) is 1.55. The van der Waals surface area contributed by atoms with Crippen LogP contribution in [0.5, 0.6) is 5.75 Å². The Hall–Kier alpha value is -0.400. The zero-order valence-electron chi connectivity index (χ0n) is 7.63. The van der Waals surface area contributed by atoms with Gasteiger partial charge >= 0.3 is 5.97 Å². The molecule has 86 valence electrons. The molecule has 0 aromatic heterocycles. The number of benzene rings is 1. The van der Waals surface area contributed by atoms with Crippen molar-refractivity contribution in [3.05, 3.63) is 25.0 Å². The monoisotopic (exact) mass is 414 g/mol. The lowest BCUT2D eigenvalue weighted by atomic mass is 10.1. The van der Waals surface area contributed by atoms with E-state index in [1.807, 2.05) is 0 Å². The van der Waals surface area contributed by atoms with E-state index in [9.17, 15) is 14.7 Å². The Balaban J connectivity index is 3.19. The Morgan fingerprint density at radius 3 is 2.25 bits per heavy atom. The predicted molar refractivity (Wildman–Crippen MR) is 67.6 cm³/mol. The molecule has 1 rings (SSSR count). The number of carboxylic acids is 1. The van der Waals surface area contributed by atoms with E-state index < -0.39 is 11.8 Å². The van der Waals surface area contributed by atoms with Crippen molar-refractivity contribution in [3.8, 4) is 5.75 Å². The van der Waals surface area contributed by atoms with Crippen LogP contribution in [0.25, 0.3) is 0 Å². The van der Waals surface area contributed by atoms with E-state index in [4.69, 9.17) is 5.11 Å². The molecule has 0 atom stereocenters. The van der Waals surface area contributed by atoms with E-state index in [2.05, 4.69) is 47.8 Å². The average molecular weight is 417 g/mol. The Morgan fingerprint density at radius 2 is 1.75 bits per heavy atom. The summed E-state index contributed by atoms with van der Waals surface area (Å²) >= 11 is 9.41. The summed E-state index contributed by atoms with van der Waals surface area (Å²) in [5.74, 6) is -2.51. The average Bonchev–Trinajstić information content (AvgIpc) is 2.20. The number of Topliss-reactive ketones (excluding diaryl/α,β-unsaturated/α-hetero) is 1. The summed E-state index contributed by atoms with van der Waals surface area (Å²) in [6.45, 7) is 0. The number of phenols is 1. The number of aromatic hydroxyl groups is 1. The smallest absolute Gasteiger partial charge is 0.372 e. The minimum absolute atomic E-state index is 0.0728. The van der Waals surface area contributed by atoms with Gasteiger partial charge in [-0.25, -0.2) is 4.79 Å². The van der Waals surface area contributed by atoms with Gasteiger partial charge in [-0.1, -0.05) is 15.9 Å². The number of carboxylic acid groups (broad SMARTS) is 1. The van der Waals surface area contributed by atoms with Crippen LogP contribution in [-0.4, -0.2) is 22.0 Å². The second-order valence-electron chi connectivity index (χ2n) is 2.89. The van der Waals surface area contributed by atoms with Crippen LogP contribution in [0.4, 0.5) is 0 Å². The van der Waals surface area contributed by atoms with Crippen molar-refractivity contribution in [2.75, 3.05) is 0 Å². The van der Waals surface area contributed by atoms with Gasteiger partial charge in [-0.3, -0.25) is 4.79 Å². The summed E-state index contributed by atoms with van der Waals surface area (Å²) in [4.78, 5) is 21.5. The number of carbonyl (C=O) groups is 2. The first kappa shape index (κ1) is 13.7. The molecule has 4 nitrogen and oxygen atoms in total. The van der Waals surface area contributed by atoms with Crippen LogP contribution in [0.2, 0.25) is 0 Å². The van der Waals surface area contributed by atoms with Gasteiger partial charge in [0.2, 0.25) is 5.78 Å². The number of rotatable bonds is 3. The first-order chi connectivity index (χ1) is 7.34. The Morgan fingerprint density at radius 1 is 1.19 bits per heavy atom. The summed E-state index contributed by atoms with van der Waals surface area (Å²) in [5, 5.41) is 18.1. The number of phenolic OH excluding ortho intramolecular Hbond substituents is 1. The van der Waals surface area contributed by atoms with Gasteiger partial charge in [0, 0.05) is 10.9 Å². The van der Waals surface area contributed by atoms with Crippen molar-refractivity contribution in [1.29, 1.82) is 0 Å². The highest BCUT2D eigenvalue weighted by atomic mass is 79.9. The van der Waals surface area contributed by atoms with Gasteiger partial charge in [-0.2, -0.15) is 0 Å². The lowest BCUT2D eigenvalue weighted by Gasteiger charge is -2.09. The summed E-state index contributed by atoms with van der Waals surface area (Å²) in [5.41, 5.74) is 0.396. The van der Waals surface area contributed by atoms with Gasteiger partial charge in [0.05, 0.1) is 8.95 Å². The summed E-state index contributed by atoms with van der Waals surface area (Å²) in [6.07, 6.45) is -0.294. The second kappa shape index (κ2) is 5.29. The van der Waals surface area contributed by atoms with Gasteiger partial charge in [-0.15, -0.1) is 0 Å². The van der Waals surface area contributed by atoms with Crippen molar-refractivity contribution in [2.45, 2.75) is 6.42 Å². The lowest BCUT2D eigenvalue weighted by Crippen LogP contribution is -2.15. The van der Waals surface area contributed by atoms with Crippen LogP contribution in [0, 0.1) is 0 Å². The maximum atomic E-state index is 11.1. The molecule has 2 N–H and O–H groups in total. The highest BCUT2D eigenvalue weighted by molar-refractivity contribution is 9.11. The van der Waals surface area contributed by atoms with Crippen LogP contribution < -0.4 is 0 Å². The molecule has 0 heterocycles. The van der Waals surface area contributed by atoms with E-state index in [0.29, 0.717) is 19.0 Å². The molecule has 1 aromatic carbocycles. The SMILES string of the molecule is O=C(O)C(=O)Cc1c(Br)cc(Br)c(O)c1Br. The van der Waals surface area contributed by atoms with Crippen molar-refractivity contribution in [1.82, 2.24) is 0 Å². The van der Waals surface area contributed by atoms with Gasteiger partial charge in [0.1, 0.15) is 5.75 Å². The zero-order chi connectivity index (χ0) is 12.5. The number of halogens is 3. The third kappa shape index (κ3) is 2.83. The fourth-order valence-corrected chi connectivity index (χ4v) is 3.42. The Bertz CT molecular complexity index is 470. The molecule has 0 amide bonds. The van der Waals surface area contributed by atoms with Crippen LogP contribution in [0.3, 0.4) is 0 Å². The Kier molecular flexibility index (Phi) is 4.52. The number of carbonyl (C=O) groups excluding carboxylic acids is 1. The summed E-state index contributed by atoms with van der Waals surface area (Å²) < 4.78 is 1.28. The number of ketones is 1. The highest BCUT2D eigenvalue weighted by Gasteiger charge is 2.19. The Labute approximate surface area is 116 Å². The molecule has 0 saturated carbocycles. The van der Waals surface area contributed by atoms with Crippen LogP contribution >= 0.6 is 47.8 Å². The number of hydrogen-bond acceptors (Lipinski definition) is 3. The zero-order valence-corrected chi connectivity index (χ0v) is 12.4. The maximum absolute atomic E-state index is 11.1. The minimum Gasteiger partial charge on any atom is -0.506 e. The first-order valence-electron chi connectivity index (χ1n) is 3.96. The molecule has 0 spiro atoms. The first-order valence-corrected chi connectivity index (χ1v) is 6.34. The molecule has 0 aliphatic carbocycles. The predicted octanol–water partition coefficient (Wildman–Crippen LogP) is 2.88. The molecule has 0 aliphatic heterocycles. The van der Waals surface area contributed by atoms with Gasteiger partial charge in [0.25, 0.3) is 0 Å². The molecule has 7 heteroatoms. The number of hydrogen-bond donors (Lipinski definition) is 2. The number of aliphatic carboxylic acids is 1. The third-order valence-electron chi connectivity index (χ3n) is 1.82. The summed E-state index contributed by atoms with van der Waals surface area (Å²) in [7, 11) is 0. The fourth-order valence-electron chi connectivity index (χ4n) is 1.02. The van der Waals surface area contributed by atoms with E-state index in [-0.39, 0.29) is 12.2 Å². The quantitative estimate of drug-likeness (QED) is 0.743. The molecule has 0 bridgehead atoms. The highest BCUT2D eigenvalue weighted by Crippen LogP contribution is 2.39. The van der Waals surface area contributed by atoms with Gasteiger partial charge in [0.15, 0.2) is 0 Å². The van der Waals surface area contributed by atoms with E-state index in [1.165, 1.54) is 0 Å². The van der Waals surface area contributed by atoms with Crippen LogP contribution in [0.15, 0.2) is 19.5 Å². The molecular formula is C9H5Br3O4. The largest absolute Gasteiger partial charge is 0.506 e. The van der Waals surface area contributed by atoms with Crippen LogP contribution in [-0.2, 0) is 16.0 Å². The molecule has 0 saturated heterocycles. The van der Waals surface area contributed by atoms with Crippen molar-refractivity contribution in [3.63, 3.8) is 0 Å². The molecule has 0 radical (unpaired) electrons. The molecule has 0 unspecified atom stereocenters. The lowest BCUT2D eigenvalue weighted by molar-refractivity contribution is -0.148. The molecular weight excluding hydrogens is 412 g/mol. The molecule has 1 aromatic rings. The maximum Gasteiger partial charge on any atom is 0.372 e. The topological polar surface area (TPSA) is 74.6 Å². The molecule has 0 fully saturated rings. The van der Waals surface area contributed by atoms with Gasteiger partial charge < -0.3 is 10.2 Å².